The second-order valence-electron chi connectivity index (χ2n) is 4.72. The summed E-state index contributed by atoms with van der Waals surface area (Å²) in [6, 6.07) is 17.2. The lowest BCUT2D eigenvalue weighted by molar-refractivity contribution is 0.486. The summed E-state index contributed by atoms with van der Waals surface area (Å²) in [6.07, 6.45) is 0. The van der Waals surface area contributed by atoms with E-state index in [1.54, 1.807) is 0 Å². The molecule has 1 heterocycles. The van der Waals surface area contributed by atoms with Crippen LogP contribution in [0.2, 0.25) is 0 Å². The van der Waals surface area contributed by atoms with Crippen LogP contribution >= 0.6 is 0 Å². The molecule has 0 aliphatic rings. The zero-order chi connectivity index (χ0) is 13.0. The third-order valence-corrected chi connectivity index (χ3v) is 3.15. The summed E-state index contributed by atoms with van der Waals surface area (Å²) >= 11 is 0. The zero-order valence-electron chi connectivity index (χ0n) is 11.2. The Morgan fingerprint density at radius 1 is 0.889 bits per heavy atom. The maximum Gasteiger partial charge on any atom is 0.0573 e. The van der Waals surface area contributed by atoms with Crippen molar-refractivity contribution in [2.45, 2.75) is 32.9 Å². The van der Waals surface area contributed by atoms with Crippen molar-refractivity contribution in [2.75, 3.05) is 0 Å². The van der Waals surface area contributed by atoms with Crippen LogP contribution < -0.4 is 5.32 Å². The molecule has 2 atom stereocenters. The van der Waals surface area contributed by atoms with Crippen LogP contribution in [0.15, 0.2) is 48.5 Å². The Kier molecular flexibility index (Phi) is 4.11. The van der Waals surface area contributed by atoms with Gasteiger partial charge in [0.1, 0.15) is 0 Å². The Morgan fingerprint density at radius 2 is 1.61 bits per heavy atom. The van der Waals surface area contributed by atoms with Gasteiger partial charge in [0, 0.05) is 17.8 Å². The number of nitrogens with one attached hydrogen (secondary N) is 1. The first-order valence-electron chi connectivity index (χ1n) is 6.41. The highest BCUT2D eigenvalue weighted by atomic mass is 15.0. The van der Waals surface area contributed by atoms with Crippen LogP contribution in [0.5, 0.6) is 0 Å². The molecule has 18 heavy (non-hydrogen) atoms. The smallest absolute Gasteiger partial charge is 0.0573 e. The van der Waals surface area contributed by atoms with Gasteiger partial charge in [-0.1, -0.05) is 36.4 Å². The van der Waals surface area contributed by atoms with Gasteiger partial charge in [-0.15, -0.1) is 0 Å². The quantitative estimate of drug-likeness (QED) is 0.879. The molecule has 1 aromatic heterocycles. The van der Waals surface area contributed by atoms with Gasteiger partial charge in [0.05, 0.1) is 5.69 Å². The first-order valence-corrected chi connectivity index (χ1v) is 6.41. The molecule has 2 rings (SSSR count). The molecule has 0 fully saturated rings. The van der Waals surface area contributed by atoms with Crippen LogP contribution in [0.4, 0.5) is 0 Å². The fourth-order valence-corrected chi connectivity index (χ4v) is 2.10. The fourth-order valence-electron chi connectivity index (χ4n) is 2.10. The van der Waals surface area contributed by atoms with Crippen molar-refractivity contribution in [3.8, 4) is 0 Å². The van der Waals surface area contributed by atoms with Gasteiger partial charge in [-0.05, 0) is 38.5 Å². The first kappa shape index (κ1) is 12.8. The van der Waals surface area contributed by atoms with Gasteiger partial charge >= 0.3 is 0 Å². The molecular formula is C16H20N2. The van der Waals surface area contributed by atoms with Crippen molar-refractivity contribution in [2.24, 2.45) is 0 Å². The molecular weight excluding hydrogens is 220 g/mol. The number of hydrogen-bond donors (Lipinski definition) is 1. The summed E-state index contributed by atoms with van der Waals surface area (Å²) in [5.74, 6) is 0. The van der Waals surface area contributed by atoms with E-state index >= 15 is 0 Å². The van der Waals surface area contributed by atoms with Crippen molar-refractivity contribution in [1.29, 1.82) is 0 Å². The van der Waals surface area contributed by atoms with Gasteiger partial charge < -0.3 is 5.32 Å². The van der Waals surface area contributed by atoms with Crippen LogP contribution in [0.3, 0.4) is 0 Å². The van der Waals surface area contributed by atoms with Gasteiger partial charge in [0.25, 0.3) is 0 Å². The summed E-state index contributed by atoms with van der Waals surface area (Å²) in [5.41, 5.74) is 3.46. The van der Waals surface area contributed by atoms with Gasteiger partial charge in [-0.2, -0.15) is 0 Å². The van der Waals surface area contributed by atoms with E-state index in [-0.39, 0.29) is 6.04 Å². The van der Waals surface area contributed by atoms with E-state index in [2.05, 4.69) is 60.5 Å². The number of benzene rings is 1. The molecule has 0 saturated carbocycles. The minimum atomic E-state index is 0.250. The van der Waals surface area contributed by atoms with Gasteiger partial charge in [-0.25, -0.2) is 0 Å². The summed E-state index contributed by atoms with van der Waals surface area (Å²) < 4.78 is 0. The van der Waals surface area contributed by atoms with Crippen LogP contribution in [-0.4, -0.2) is 4.98 Å². The molecule has 0 bridgehead atoms. The van der Waals surface area contributed by atoms with Crippen LogP contribution in [0.25, 0.3) is 0 Å². The molecule has 1 N–H and O–H groups in total. The molecule has 0 aliphatic heterocycles. The van der Waals surface area contributed by atoms with Crippen LogP contribution in [-0.2, 0) is 0 Å². The molecule has 0 aliphatic carbocycles. The minimum absolute atomic E-state index is 0.250. The van der Waals surface area contributed by atoms with Crippen molar-refractivity contribution in [3.63, 3.8) is 0 Å². The van der Waals surface area contributed by atoms with Crippen LogP contribution in [0.1, 0.15) is 42.9 Å². The topological polar surface area (TPSA) is 24.9 Å². The van der Waals surface area contributed by atoms with E-state index in [1.165, 1.54) is 5.56 Å². The van der Waals surface area contributed by atoms with Gasteiger partial charge in [0.15, 0.2) is 0 Å². The second kappa shape index (κ2) is 5.78. The van der Waals surface area contributed by atoms with Gasteiger partial charge in [-0.3, -0.25) is 4.98 Å². The van der Waals surface area contributed by atoms with Crippen molar-refractivity contribution in [1.82, 2.24) is 10.3 Å². The molecule has 94 valence electrons. The average Bonchev–Trinajstić information content (AvgIpc) is 2.39. The Balaban J connectivity index is 2.05. The van der Waals surface area contributed by atoms with Crippen molar-refractivity contribution >= 4 is 0 Å². The monoisotopic (exact) mass is 240 g/mol. The summed E-state index contributed by atoms with van der Waals surface area (Å²) in [5, 5.41) is 3.58. The molecule has 0 amide bonds. The van der Waals surface area contributed by atoms with Crippen molar-refractivity contribution in [3.05, 3.63) is 65.5 Å². The third kappa shape index (κ3) is 3.17. The minimum Gasteiger partial charge on any atom is -0.302 e. The molecule has 0 unspecified atom stereocenters. The standard InChI is InChI=1S/C16H20N2/c1-12-8-7-11-16(17-12)14(3)18-13(2)15-9-5-4-6-10-15/h4-11,13-14,18H,1-3H3/t13-,14-/m1/s1. The fraction of sp³-hybridized carbons (Fsp3) is 0.312. The normalized spacial score (nSPS) is 14.2. The van der Waals surface area contributed by atoms with E-state index in [0.29, 0.717) is 6.04 Å². The first-order chi connectivity index (χ1) is 8.66. The Bertz CT molecular complexity index is 493. The Morgan fingerprint density at radius 3 is 2.28 bits per heavy atom. The number of nitrogens with zero attached hydrogens (tertiary/aromatic N) is 1. The highest BCUT2D eigenvalue weighted by Crippen LogP contribution is 2.17. The van der Waals surface area contributed by atoms with E-state index in [4.69, 9.17) is 0 Å². The average molecular weight is 240 g/mol. The second-order valence-corrected chi connectivity index (χ2v) is 4.72. The molecule has 0 spiro atoms. The molecule has 2 nitrogen and oxygen atoms in total. The Labute approximate surface area is 109 Å². The number of rotatable bonds is 4. The molecule has 0 saturated heterocycles. The SMILES string of the molecule is Cc1cccc([C@@H](C)N[C@H](C)c2ccccc2)n1. The van der Waals surface area contributed by atoms with E-state index in [9.17, 15) is 0 Å². The van der Waals surface area contributed by atoms with E-state index < -0.39 is 0 Å². The lowest BCUT2D eigenvalue weighted by atomic mass is 10.1. The number of hydrogen-bond acceptors (Lipinski definition) is 2. The summed E-state index contributed by atoms with van der Waals surface area (Å²) in [4.78, 5) is 4.56. The van der Waals surface area contributed by atoms with E-state index in [0.717, 1.165) is 11.4 Å². The highest BCUT2D eigenvalue weighted by molar-refractivity contribution is 5.19. The Hall–Kier alpha value is -1.67. The molecule has 1 aromatic carbocycles. The predicted molar refractivity (Wildman–Crippen MR) is 75.4 cm³/mol. The van der Waals surface area contributed by atoms with E-state index in [1.807, 2.05) is 19.1 Å². The predicted octanol–water partition coefficient (Wildman–Crippen LogP) is 3.80. The number of aryl methyl sites for hydroxylation is 1. The molecule has 2 heteroatoms. The largest absolute Gasteiger partial charge is 0.302 e. The lowest BCUT2D eigenvalue weighted by Crippen LogP contribution is -2.23. The zero-order valence-corrected chi connectivity index (χ0v) is 11.2. The van der Waals surface area contributed by atoms with Crippen LogP contribution in [0, 0.1) is 6.92 Å². The third-order valence-electron chi connectivity index (χ3n) is 3.15. The highest BCUT2D eigenvalue weighted by Gasteiger charge is 2.11. The maximum absolute atomic E-state index is 4.56. The maximum atomic E-state index is 4.56. The van der Waals surface area contributed by atoms with Crippen molar-refractivity contribution < 1.29 is 0 Å². The molecule has 2 aromatic rings. The summed E-state index contributed by atoms with van der Waals surface area (Å²) in [6.45, 7) is 6.36. The van der Waals surface area contributed by atoms with Gasteiger partial charge in [0.2, 0.25) is 0 Å². The lowest BCUT2D eigenvalue weighted by Gasteiger charge is -2.20. The summed E-state index contributed by atoms with van der Waals surface area (Å²) in [7, 11) is 0. The number of aromatic nitrogens is 1. The number of pyridine rings is 1. The molecule has 0 radical (unpaired) electrons.